The topological polar surface area (TPSA) is 50.2 Å². The number of carbonyl (C=O) groups is 1. The predicted octanol–water partition coefficient (Wildman–Crippen LogP) is 2.12. The molecule has 0 aliphatic heterocycles. The van der Waals surface area contributed by atoms with E-state index >= 15 is 0 Å². The number of nitrogens with zero attached hydrogens (tertiary/aromatic N) is 1. The highest BCUT2D eigenvalue weighted by Crippen LogP contribution is 2.10. The summed E-state index contributed by atoms with van der Waals surface area (Å²) < 4.78 is 0. The maximum Gasteiger partial charge on any atom is 0.336 e. The summed E-state index contributed by atoms with van der Waals surface area (Å²) in [6, 6.07) is 1.55. The van der Waals surface area contributed by atoms with Crippen LogP contribution in [0.15, 0.2) is 18.5 Å². The number of aryl methyl sites for hydroxylation is 1. The fourth-order valence-electron chi connectivity index (χ4n) is 1.20. The number of aromatic carboxylic acids is 1. The van der Waals surface area contributed by atoms with Gasteiger partial charge >= 0.3 is 5.97 Å². The van der Waals surface area contributed by atoms with Gasteiger partial charge in [0.15, 0.2) is 0 Å². The summed E-state index contributed by atoms with van der Waals surface area (Å²) in [6.07, 6.45) is 6.02. The molecule has 0 saturated heterocycles. The van der Waals surface area contributed by atoms with Crippen molar-refractivity contribution in [3.05, 3.63) is 29.6 Å². The van der Waals surface area contributed by atoms with Gasteiger partial charge in [0.1, 0.15) is 0 Å². The standard InChI is InChI=1S/C10H13NO2/c1-2-3-4-8-7-11-6-5-9(8)10(12)13/h5-7H,2-4H2,1H3,(H,12,13). The monoisotopic (exact) mass is 179 g/mol. The highest BCUT2D eigenvalue weighted by atomic mass is 16.4. The van der Waals surface area contributed by atoms with Gasteiger partial charge in [0.25, 0.3) is 0 Å². The van der Waals surface area contributed by atoms with Gasteiger partial charge in [-0.25, -0.2) is 4.79 Å². The van der Waals surface area contributed by atoms with E-state index < -0.39 is 5.97 Å². The van der Waals surface area contributed by atoms with Crippen molar-refractivity contribution >= 4 is 5.97 Å². The molecule has 3 nitrogen and oxygen atoms in total. The molecule has 0 unspecified atom stereocenters. The zero-order chi connectivity index (χ0) is 9.68. The van der Waals surface area contributed by atoms with E-state index in [-0.39, 0.29) is 0 Å². The Kier molecular flexibility index (Phi) is 3.43. The summed E-state index contributed by atoms with van der Waals surface area (Å²) in [6.45, 7) is 2.08. The minimum Gasteiger partial charge on any atom is -0.478 e. The van der Waals surface area contributed by atoms with Crippen molar-refractivity contribution in [2.24, 2.45) is 0 Å². The molecule has 13 heavy (non-hydrogen) atoms. The molecule has 0 atom stereocenters. The number of carboxylic acids is 1. The number of carboxylic acid groups (broad SMARTS) is 1. The molecule has 0 bridgehead atoms. The molecule has 1 rings (SSSR count). The van der Waals surface area contributed by atoms with Crippen LogP contribution < -0.4 is 0 Å². The first-order valence-corrected chi connectivity index (χ1v) is 4.42. The van der Waals surface area contributed by atoms with Crippen molar-refractivity contribution in [1.29, 1.82) is 0 Å². The smallest absolute Gasteiger partial charge is 0.336 e. The number of rotatable bonds is 4. The lowest BCUT2D eigenvalue weighted by atomic mass is 10.1. The van der Waals surface area contributed by atoms with Crippen molar-refractivity contribution in [2.45, 2.75) is 26.2 Å². The predicted molar refractivity (Wildman–Crippen MR) is 49.8 cm³/mol. The Bertz CT molecular complexity index is 297. The quantitative estimate of drug-likeness (QED) is 0.770. The average molecular weight is 179 g/mol. The number of hydrogen-bond acceptors (Lipinski definition) is 2. The van der Waals surface area contributed by atoms with E-state index in [0.29, 0.717) is 5.56 Å². The van der Waals surface area contributed by atoms with Gasteiger partial charge in [0, 0.05) is 12.4 Å². The SMILES string of the molecule is CCCCc1cnccc1C(=O)O. The largest absolute Gasteiger partial charge is 0.478 e. The molecule has 1 heterocycles. The van der Waals surface area contributed by atoms with Gasteiger partial charge in [0.2, 0.25) is 0 Å². The molecular weight excluding hydrogens is 166 g/mol. The minimum absolute atomic E-state index is 0.378. The molecule has 1 aromatic heterocycles. The van der Waals surface area contributed by atoms with Gasteiger partial charge < -0.3 is 5.11 Å². The van der Waals surface area contributed by atoms with Gasteiger partial charge in [-0.1, -0.05) is 13.3 Å². The van der Waals surface area contributed by atoms with Crippen LogP contribution in [-0.4, -0.2) is 16.1 Å². The molecule has 0 aliphatic carbocycles. The summed E-state index contributed by atoms with van der Waals surface area (Å²) in [5.74, 6) is -0.867. The van der Waals surface area contributed by atoms with E-state index in [0.717, 1.165) is 24.8 Å². The van der Waals surface area contributed by atoms with Gasteiger partial charge in [-0.05, 0) is 24.5 Å². The number of unbranched alkanes of at least 4 members (excludes halogenated alkanes) is 1. The summed E-state index contributed by atoms with van der Waals surface area (Å²) in [5, 5.41) is 8.84. The lowest BCUT2D eigenvalue weighted by molar-refractivity contribution is 0.0695. The molecule has 0 radical (unpaired) electrons. The Labute approximate surface area is 77.4 Å². The first kappa shape index (κ1) is 9.71. The molecule has 0 aliphatic rings. The molecule has 0 fully saturated rings. The molecule has 1 N–H and O–H groups in total. The van der Waals surface area contributed by atoms with Gasteiger partial charge in [-0.2, -0.15) is 0 Å². The van der Waals surface area contributed by atoms with Crippen LogP contribution >= 0.6 is 0 Å². The first-order valence-electron chi connectivity index (χ1n) is 4.42. The maximum atomic E-state index is 10.8. The number of hydrogen-bond donors (Lipinski definition) is 1. The summed E-state index contributed by atoms with van der Waals surface area (Å²) in [7, 11) is 0. The Morgan fingerprint density at radius 3 is 3.00 bits per heavy atom. The summed E-state index contributed by atoms with van der Waals surface area (Å²) >= 11 is 0. The van der Waals surface area contributed by atoms with Crippen LogP contribution in [0.1, 0.15) is 35.7 Å². The Morgan fingerprint density at radius 2 is 2.38 bits per heavy atom. The van der Waals surface area contributed by atoms with Gasteiger partial charge in [-0.15, -0.1) is 0 Å². The van der Waals surface area contributed by atoms with Crippen LogP contribution in [0, 0.1) is 0 Å². The second kappa shape index (κ2) is 4.60. The third kappa shape index (κ3) is 2.54. The summed E-state index contributed by atoms with van der Waals surface area (Å²) in [4.78, 5) is 14.7. The van der Waals surface area contributed by atoms with Crippen molar-refractivity contribution in [3.63, 3.8) is 0 Å². The number of aromatic nitrogens is 1. The molecule has 70 valence electrons. The fraction of sp³-hybridized carbons (Fsp3) is 0.400. The molecule has 3 heteroatoms. The van der Waals surface area contributed by atoms with Crippen molar-refractivity contribution in [3.8, 4) is 0 Å². The molecule has 1 aromatic rings. The molecule has 0 saturated carbocycles. The van der Waals surface area contributed by atoms with Crippen LogP contribution in [0.3, 0.4) is 0 Å². The minimum atomic E-state index is -0.867. The van der Waals surface area contributed by atoms with Crippen LogP contribution in [0.2, 0.25) is 0 Å². The Morgan fingerprint density at radius 1 is 1.62 bits per heavy atom. The van der Waals surface area contributed by atoms with Crippen LogP contribution in [-0.2, 0) is 6.42 Å². The van der Waals surface area contributed by atoms with Crippen molar-refractivity contribution in [2.75, 3.05) is 0 Å². The van der Waals surface area contributed by atoms with Crippen molar-refractivity contribution < 1.29 is 9.90 Å². The van der Waals surface area contributed by atoms with Crippen LogP contribution in [0.4, 0.5) is 0 Å². The molecule has 0 spiro atoms. The highest BCUT2D eigenvalue weighted by molar-refractivity contribution is 5.89. The van der Waals surface area contributed by atoms with Crippen LogP contribution in [0.25, 0.3) is 0 Å². The average Bonchev–Trinajstić information content (AvgIpc) is 2.15. The number of pyridine rings is 1. The highest BCUT2D eigenvalue weighted by Gasteiger charge is 2.08. The molecule has 0 amide bonds. The second-order valence-electron chi connectivity index (χ2n) is 2.94. The zero-order valence-corrected chi connectivity index (χ0v) is 7.66. The van der Waals surface area contributed by atoms with E-state index in [4.69, 9.17) is 5.11 Å². The van der Waals surface area contributed by atoms with Gasteiger partial charge in [-0.3, -0.25) is 4.98 Å². The van der Waals surface area contributed by atoms with E-state index in [1.165, 1.54) is 6.20 Å². The van der Waals surface area contributed by atoms with Gasteiger partial charge in [0.05, 0.1) is 5.56 Å². The third-order valence-electron chi connectivity index (χ3n) is 1.93. The molecule has 0 aromatic carbocycles. The second-order valence-corrected chi connectivity index (χ2v) is 2.94. The van der Waals surface area contributed by atoms with E-state index in [1.807, 2.05) is 0 Å². The zero-order valence-electron chi connectivity index (χ0n) is 7.66. The van der Waals surface area contributed by atoms with E-state index in [2.05, 4.69) is 11.9 Å². The van der Waals surface area contributed by atoms with E-state index in [9.17, 15) is 4.79 Å². The normalized spacial score (nSPS) is 9.92. The fourth-order valence-corrected chi connectivity index (χ4v) is 1.20. The van der Waals surface area contributed by atoms with Crippen LogP contribution in [0.5, 0.6) is 0 Å². The first-order chi connectivity index (χ1) is 6.25. The maximum absolute atomic E-state index is 10.8. The van der Waals surface area contributed by atoms with E-state index in [1.54, 1.807) is 12.3 Å². The van der Waals surface area contributed by atoms with Crippen molar-refractivity contribution in [1.82, 2.24) is 4.98 Å². The molecular formula is C10H13NO2. The lowest BCUT2D eigenvalue weighted by Crippen LogP contribution is -2.02. The lowest BCUT2D eigenvalue weighted by Gasteiger charge is -2.02. The third-order valence-corrected chi connectivity index (χ3v) is 1.93. The Balaban J connectivity index is 2.84. The Hall–Kier alpha value is -1.38. The summed E-state index contributed by atoms with van der Waals surface area (Å²) in [5.41, 5.74) is 1.21.